The van der Waals surface area contributed by atoms with Crippen molar-refractivity contribution in [1.82, 2.24) is 3.97 Å². The lowest BCUT2D eigenvalue weighted by molar-refractivity contribution is 0.0699. The molecule has 0 aliphatic carbocycles. The molecule has 1 aromatic heterocycles. The zero-order valence-electron chi connectivity index (χ0n) is 12.2. The molecule has 0 saturated heterocycles. The smallest absolute Gasteiger partial charge is 0.337 e. The van der Waals surface area contributed by atoms with Crippen LogP contribution in [0.4, 0.5) is 0 Å². The quantitative estimate of drug-likeness (QED) is 0.741. The molecule has 0 saturated carbocycles. The van der Waals surface area contributed by atoms with Crippen LogP contribution >= 0.6 is 11.6 Å². The Morgan fingerprint density at radius 3 is 2.38 bits per heavy atom. The number of nitrogens with zero attached hydrogens (tertiary/aromatic N) is 1. The molecule has 0 atom stereocenters. The number of aliphatic hydroxyl groups excluding tert-OH is 1. The second kappa shape index (κ2) is 5.94. The van der Waals surface area contributed by atoms with Gasteiger partial charge in [0.2, 0.25) is 0 Å². The SMILES string of the molecule is O=C(O)c1cn(S(=O)(=O)c2ccccc2)c2c(Cl)ccc(CO)c12. The molecule has 24 heavy (non-hydrogen) atoms. The monoisotopic (exact) mass is 365 g/mol. The normalized spacial score (nSPS) is 11.8. The number of rotatable bonds is 4. The van der Waals surface area contributed by atoms with E-state index in [0.29, 0.717) is 0 Å². The Morgan fingerprint density at radius 2 is 1.79 bits per heavy atom. The number of fused-ring (bicyclic) bond motifs is 1. The maximum atomic E-state index is 12.9. The number of benzene rings is 2. The summed E-state index contributed by atoms with van der Waals surface area (Å²) in [6.07, 6.45) is 1.01. The van der Waals surface area contributed by atoms with Gasteiger partial charge in [-0.3, -0.25) is 0 Å². The lowest BCUT2D eigenvalue weighted by atomic mass is 10.1. The third-order valence-electron chi connectivity index (χ3n) is 3.65. The van der Waals surface area contributed by atoms with Crippen LogP contribution in [0.3, 0.4) is 0 Å². The molecule has 0 bridgehead atoms. The Kier molecular flexibility index (Phi) is 4.08. The number of aliphatic hydroxyl groups is 1. The van der Waals surface area contributed by atoms with Crippen molar-refractivity contribution in [3.63, 3.8) is 0 Å². The molecule has 8 heteroatoms. The molecule has 2 N–H and O–H groups in total. The summed E-state index contributed by atoms with van der Waals surface area (Å²) < 4.78 is 26.6. The molecule has 0 aliphatic heterocycles. The van der Waals surface area contributed by atoms with Crippen LogP contribution < -0.4 is 0 Å². The van der Waals surface area contributed by atoms with Crippen molar-refractivity contribution in [3.8, 4) is 0 Å². The molecule has 3 rings (SSSR count). The summed E-state index contributed by atoms with van der Waals surface area (Å²) in [7, 11) is -4.04. The van der Waals surface area contributed by atoms with Crippen LogP contribution in [0, 0.1) is 0 Å². The predicted octanol–water partition coefficient (Wildman–Crippen LogP) is 2.72. The Morgan fingerprint density at radius 1 is 1.12 bits per heavy atom. The van der Waals surface area contributed by atoms with Crippen LogP contribution in [0.25, 0.3) is 10.9 Å². The van der Waals surface area contributed by atoms with Gasteiger partial charge in [0.1, 0.15) is 0 Å². The largest absolute Gasteiger partial charge is 0.478 e. The van der Waals surface area contributed by atoms with Gasteiger partial charge in [-0.15, -0.1) is 0 Å². The van der Waals surface area contributed by atoms with Crippen molar-refractivity contribution in [2.45, 2.75) is 11.5 Å². The summed E-state index contributed by atoms with van der Waals surface area (Å²) >= 11 is 6.14. The zero-order valence-corrected chi connectivity index (χ0v) is 13.8. The zero-order chi connectivity index (χ0) is 17.5. The highest BCUT2D eigenvalue weighted by Crippen LogP contribution is 2.34. The maximum Gasteiger partial charge on any atom is 0.337 e. The molecule has 0 amide bonds. The number of carbonyl (C=O) groups is 1. The minimum absolute atomic E-state index is 0.00399. The van der Waals surface area contributed by atoms with Gasteiger partial charge < -0.3 is 10.2 Å². The molecule has 0 unspecified atom stereocenters. The summed E-state index contributed by atoms with van der Waals surface area (Å²) in [5.74, 6) is -1.31. The Balaban J connectivity index is 2.45. The summed E-state index contributed by atoms with van der Waals surface area (Å²) in [6, 6.07) is 10.5. The van der Waals surface area contributed by atoms with Crippen molar-refractivity contribution < 1.29 is 23.4 Å². The summed E-state index contributed by atoms with van der Waals surface area (Å²) in [4.78, 5) is 11.5. The first-order chi connectivity index (χ1) is 11.4. The molecule has 124 valence electrons. The van der Waals surface area contributed by atoms with Crippen molar-refractivity contribution in [1.29, 1.82) is 0 Å². The summed E-state index contributed by atoms with van der Waals surface area (Å²) in [5.41, 5.74) is 0.0781. The van der Waals surface area contributed by atoms with Crippen molar-refractivity contribution in [2.75, 3.05) is 0 Å². The standard InChI is InChI=1S/C16H12ClNO5S/c17-13-7-6-10(9-19)14-12(16(20)21)8-18(15(13)14)24(22,23)11-4-2-1-3-5-11/h1-8,19H,9H2,(H,20,21). The topological polar surface area (TPSA) is 96.6 Å². The highest BCUT2D eigenvalue weighted by atomic mass is 35.5. The first-order valence-electron chi connectivity index (χ1n) is 6.85. The average Bonchev–Trinajstić information content (AvgIpc) is 2.99. The average molecular weight is 366 g/mol. The molecule has 0 aliphatic rings. The van der Waals surface area contributed by atoms with Crippen molar-refractivity contribution in [3.05, 3.63) is 64.8 Å². The Bertz CT molecular complexity index is 1040. The van der Waals surface area contributed by atoms with Gasteiger partial charge >= 0.3 is 5.97 Å². The van der Waals surface area contributed by atoms with Gasteiger partial charge in [0.25, 0.3) is 10.0 Å². The fourth-order valence-electron chi connectivity index (χ4n) is 2.56. The predicted molar refractivity (Wildman–Crippen MR) is 88.9 cm³/mol. The number of halogens is 1. The van der Waals surface area contributed by atoms with Crippen molar-refractivity contribution in [2.24, 2.45) is 0 Å². The van der Waals surface area contributed by atoms with E-state index in [1.54, 1.807) is 18.2 Å². The summed E-state index contributed by atoms with van der Waals surface area (Å²) in [5, 5.41) is 19.1. The van der Waals surface area contributed by atoms with E-state index >= 15 is 0 Å². The number of aromatic nitrogens is 1. The van der Waals surface area contributed by atoms with Gasteiger partial charge in [0, 0.05) is 11.6 Å². The third kappa shape index (κ3) is 2.47. The van der Waals surface area contributed by atoms with E-state index in [1.807, 2.05) is 0 Å². The fourth-order valence-corrected chi connectivity index (χ4v) is 4.26. The molecule has 0 radical (unpaired) electrons. The van der Waals surface area contributed by atoms with Gasteiger partial charge in [-0.25, -0.2) is 17.2 Å². The highest BCUT2D eigenvalue weighted by molar-refractivity contribution is 7.90. The minimum atomic E-state index is -4.04. The molecule has 2 aromatic carbocycles. The van der Waals surface area contributed by atoms with Crippen LogP contribution in [-0.2, 0) is 16.6 Å². The van der Waals surface area contributed by atoms with Crippen molar-refractivity contribution >= 4 is 38.5 Å². The number of aromatic carboxylic acids is 1. The Hall–Kier alpha value is -2.35. The molecular weight excluding hydrogens is 354 g/mol. The molecule has 0 fully saturated rings. The van der Waals surface area contributed by atoms with E-state index in [4.69, 9.17) is 11.6 Å². The van der Waals surface area contributed by atoms with E-state index in [-0.39, 0.29) is 31.9 Å². The first kappa shape index (κ1) is 16.5. The summed E-state index contributed by atoms with van der Waals surface area (Å²) in [6.45, 7) is -0.441. The maximum absolute atomic E-state index is 12.9. The van der Waals surface area contributed by atoms with Crippen LogP contribution in [0.2, 0.25) is 5.02 Å². The third-order valence-corrected chi connectivity index (χ3v) is 5.63. The second-order valence-electron chi connectivity index (χ2n) is 5.05. The van der Waals surface area contributed by atoms with Gasteiger partial charge in [-0.2, -0.15) is 0 Å². The van der Waals surface area contributed by atoms with Crippen LogP contribution in [0.1, 0.15) is 15.9 Å². The molecule has 1 heterocycles. The Labute approximate surface area is 142 Å². The number of hydrogen-bond acceptors (Lipinski definition) is 4. The van der Waals surface area contributed by atoms with Gasteiger partial charge in [0.05, 0.1) is 27.6 Å². The van der Waals surface area contributed by atoms with E-state index in [9.17, 15) is 23.4 Å². The number of carboxylic acid groups (broad SMARTS) is 1. The molecular formula is C16H12ClNO5S. The fraction of sp³-hybridized carbons (Fsp3) is 0.0625. The molecule has 6 nitrogen and oxygen atoms in total. The van der Waals surface area contributed by atoms with Crippen LogP contribution in [-0.4, -0.2) is 28.6 Å². The lowest BCUT2D eigenvalue weighted by Gasteiger charge is -2.09. The van der Waals surface area contributed by atoms with Crippen LogP contribution in [0.5, 0.6) is 0 Å². The second-order valence-corrected chi connectivity index (χ2v) is 7.27. The molecule has 0 spiro atoms. The van der Waals surface area contributed by atoms with Crippen LogP contribution in [0.15, 0.2) is 53.6 Å². The first-order valence-corrected chi connectivity index (χ1v) is 8.67. The number of carboxylic acids is 1. The van der Waals surface area contributed by atoms with E-state index in [0.717, 1.165) is 10.2 Å². The van der Waals surface area contributed by atoms with Gasteiger partial charge in [-0.05, 0) is 23.8 Å². The van der Waals surface area contributed by atoms with Gasteiger partial charge in [-0.1, -0.05) is 35.9 Å². The van der Waals surface area contributed by atoms with E-state index in [1.165, 1.54) is 24.3 Å². The minimum Gasteiger partial charge on any atom is -0.478 e. The highest BCUT2D eigenvalue weighted by Gasteiger charge is 2.26. The van der Waals surface area contributed by atoms with Gasteiger partial charge in [0.15, 0.2) is 0 Å². The molecule has 3 aromatic rings. The number of hydrogen-bond donors (Lipinski definition) is 2. The van der Waals surface area contributed by atoms with E-state index in [2.05, 4.69) is 0 Å². The lowest BCUT2D eigenvalue weighted by Crippen LogP contribution is -2.12. The van der Waals surface area contributed by atoms with E-state index < -0.39 is 22.6 Å².